The summed E-state index contributed by atoms with van der Waals surface area (Å²) < 4.78 is 68.3. The lowest BCUT2D eigenvalue weighted by molar-refractivity contribution is -0.274. The van der Waals surface area contributed by atoms with Gasteiger partial charge in [-0.3, -0.25) is 4.79 Å². The lowest BCUT2D eigenvalue weighted by Gasteiger charge is -2.31. The van der Waals surface area contributed by atoms with Gasteiger partial charge in [-0.1, -0.05) is 36.4 Å². The van der Waals surface area contributed by atoms with Crippen molar-refractivity contribution < 1.29 is 31.1 Å². The maximum absolute atomic E-state index is 12.7. The largest absolute Gasteiger partial charge is 0.573 e. The first-order valence-corrected chi connectivity index (χ1v) is 11.7. The number of amides is 1. The van der Waals surface area contributed by atoms with Crippen molar-refractivity contribution in [1.29, 1.82) is 0 Å². The third-order valence-electron chi connectivity index (χ3n) is 5.36. The summed E-state index contributed by atoms with van der Waals surface area (Å²) in [7, 11) is -3.52. The van der Waals surface area contributed by atoms with E-state index in [1.165, 1.54) is 22.5 Å². The summed E-state index contributed by atoms with van der Waals surface area (Å²) in [4.78, 5) is 12.4. The number of piperidine rings is 1. The van der Waals surface area contributed by atoms with Crippen molar-refractivity contribution in [2.75, 3.05) is 19.6 Å². The van der Waals surface area contributed by atoms with Crippen molar-refractivity contribution in [2.24, 2.45) is 5.92 Å². The number of aryl methyl sites for hydroxylation is 1. The van der Waals surface area contributed by atoms with E-state index in [-0.39, 0.29) is 35.3 Å². The lowest BCUT2D eigenvalue weighted by atomic mass is 9.98. The van der Waals surface area contributed by atoms with Gasteiger partial charge in [0.2, 0.25) is 15.9 Å². The standard InChI is InChI=1S/C22H25F3N2O4S/c23-22(24,25)31-20-9-5-4-6-18(20)10-11-21(28)26-16-17-12-14-27(15-13-17)32(29,30)19-7-2-1-3-8-19/h1-9,17H,10-16H2,(H,26,28). The van der Waals surface area contributed by atoms with Gasteiger partial charge in [0, 0.05) is 26.1 Å². The lowest BCUT2D eigenvalue weighted by Crippen LogP contribution is -2.41. The number of ether oxygens (including phenoxy) is 1. The fourth-order valence-corrected chi connectivity index (χ4v) is 5.12. The zero-order valence-corrected chi connectivity index (χ0v) is 18.2. The molecule has 1 N–H and O–H groups in total. The maximum Gasteiger partial charge on any atom is 0.573 e. The van der Waals surface area contributed by atoms with Gasteiger partial charge in [-0.05, 0) is 48.9 Å². The van der Waals surface area contributed by atoms with Crippen LogP contribution in [0, 0.1) is 5.92 Å². The van der Waals surface area contributed by atoms with Gasteiger partial charge < -0.3 is 10.1 Å². The first-order chi connectivity index (χ1) is 15.1. The molecule has 32 heavy (non-hydrogen) atoms. The van der Waals surface area contributed by atoms with Crippen LogP contribution in [0.25, 0.3) is 0 Å². The predicted molar refractivity (Wildman–Crippen MR) is 112 cm³/mol. The Morgan fingerprint density at radius 2 is 1.66 bits per heavy atom. The Morgan fingerprint density at radius 1 is 1.03 bits per heavy atom. The molecule has 0 aromatic heterocycles. The smallest absolute Gasteiger partial charge is 0.406 e. The van der Waals surface area contributed by atoms with E-state index in [1.54, 1.807) is 36.4 Å². The first kappa shape index (κ1) is 24.1. The Morgan fingerprint density at radius 3 is 2.31 bits per heavy atom. The van der Waals surface area contributed by atoms with Crippen LogP contribution in [-0.2, 0) is 21.2 Å². The Balaban J connectivity index is 1.43. The molecular weight excluding hydrogens is 445 g/mol. The number of carbonyl (C=O) groups excluding carboxylic acids is 1. The highest BCUT2D eigenvalue weighted by atomic mass is 32.2. The molecule has 0 unspecified atom stereocenters. The average molecular weight is 471 g/mol. The molecule has 0 radical (unpaired) electrons. The number of carbonyl (C=O) groups is 1. The van der Waals surface area contributed by atoms with Gasteiger partial charge in [0.05, 0.1) is 4.90 Å². The molecule has 0 spiro atoms. The van der Waals surface area contributed by atoms with Crippen LogP contribution < -0.4 is 10.1 Å². The molecule has 10 heteroatoms. The molecule has 2 aromatic rings. The summed E-state index contributed by atoms with van der Waals surface area (Å²) in [6.07, 6.45) is -3.41. The number of para-hydroxylation sites is 1. The Labute approximate surface area is 185 Å². The topological polar surface area (TPSA) is 75.7 Å². The molecule has 1 heterocycles. The van der Waals surface area contributed by atoms with Crippen LogP contribution in [0.15, 0.2) is 59.5 Å². The van der Waals surface area contributed by atoms with Crippen LogP contribution >= 0.6 is 0 Å². The summed E-state index contributed by atoms with van der Waals surface area (Å²) in [6.45, 7) is 1.15. The summed E-state index contributed by atoms with van der Waals surface area (Å²) in [5, 5.41) is 2.81. The van der Waals surface area contributed by atoms with Gasteiger partial charge in [0.1, 0.15) is 5.75 Å². The fourth-order valence-electron chi connectivity index (χ4n) is 3.62. The number of hydrogen-bond donors (Lipinski definition) is 1. The van der Waals surface area contributed by atoms with Crippen LogP contribution in [-0.4, -0.2) is 44.6 Å². The highest BCUT2D eigenvalue weighted by Gasteiger charge is 2.32. The molecule has 0 aliphatic carbocycles. The maximum atomic E-state index is 12.7. The van der Waals surface area contributed by atoms with Crippen LogP contribution in [0.5, 0.6) is 5.75 Å². The molecule has 1 fully saturated rings. The van der Waals surface area contributed by atoms with Gasteiger partial charge in [-0.15, -0.1) is 13.2 Å². The van der Waals surface area contributed by atoms with Crippen molar-refractivity contribution >= 4 is 15.9 Å². The summed E-state index contributed by atoms with van der Waals surface area (Å²) in [5.74, 6) is -0.437. The van der Waals surface area contributed by atoms with Gasteiger partial charge in [-0.25, -0.2) is 8.42 Å². The second-order valence-electron chi connectivity index (χ2n) is 7.62. The molecule has 6 nitrogen and oxygen atoms in total. The minimum absolute atomic E-state index is 0.0272. The van der Waals surface area contributed by atoms with E-state index in [4.69, 9.17) is 0 Å². The van der Waals surface area contributed by atoms with Crippen LogP contribution in [0.1, 0.15) is 24.8 Å². The summed E-state index contributed by atoms with van der Waals surface area (Å²) in [6, 6.07) is 14.0. The molecule has 1 amide bonds. The quantitative estimate of drug-likeness (QED) is 0.638. The SMILES string of the molecule is O=C(CCc1ccccc1OC(F)(F)F)NCC1CCN(S(=O)(=O)c2ccccc2)CC1. The second kappa shape index (κ2) is 10.4. The normalized spacial score (nSPS) is 16.0. The molecule has 1 aliphatic heterocycles. The molecular formula is C22H25F3N2O4S. The Bertz CT molecular complexity index is 1010. The van der Waals surface area contributed by atoms with Crippen molar-refractivity contribution in [3.8, 4) is 5.75 Å². The highest BCUT2D eigenvalue weighted by molar-refractivity contribution is 7.89. The van der Waals surface area contributed by atoms with E-state index in [0.29, 0.717) is 38.0 Å². The monoisotopic (exact) mass is 470 g/mol. The third kappa shape index (κ3) is 6.70. The Hall–Kier alpha value is -2.59. The van der Waals surface area contributed by atoms with Gasteiger partial charge in [-0.2, -0.15) is 4.31 Å². The summed E-state index contributed by atoms with van der Waals surface area (Å²) in [5.41, 5.74) is 0.305. The van der Waals surface area contributed by atoms with Crippen molar-refractivity contribution in [2.45, 2.75) is 36.9 Å². The third-order valence-corrected chi connectivity index (χ3v) is 7.27. The minimum atomic E-state index is -4.79. The molecule has 0 atom stereocenters. The number of nitrogens with one attached hydrogen (secondary N) is 1. The zero-order chi connectivity index (χ0) is 23.2. The highest BCUT2D eigenvalue weighted by Crippen LogP contribution is 2.27. The number of alkyl halides is 3. The fraction of sp³-hybridized carbons (Fsp3) is 0.409. The predicted octanol–water partition coefficient (Wildman–Crippen LogP) is 3.73. The van der Waals surface area contributed by atoms with Crippen LogP contribution in [0.4, 0.5) is 13.2 Å². The van der Waals surface area contributed by atoms with Gasteiger partial charge in [0.25, 0.3) is 0 Å². The molecule has 3 rings (SSSR count). The minimum Gasteiger partial charge on any atom is -0.406 e. The number of rotatable bonds is 8. The van der Waals surface area contributed by atoms with Crippen molar-refractivity contribution in [3.05, 3.63) is 60.2 Å². The van der Waals surface area contributed by atoms with E-state index in [1.807, 2.05) is 0 Å². The van der Waals surface area contributed by atoms with E-state index in [0.717, 1.165) is 0 Å². The number of hydrogen-bond acceptors (Lipinski definition) is 4. The summed E-state index contributed by atoms with van der Waals surface area (Å²) >= 11 is 0. The van der Waals surface area contributed by atoms with Crippen LogP contribution in [0.2, 0.25) is 0 Å². The number of benzene rings is 2. The van der Waals surface area contributed by atoms with E-state index in [9.17, 15) is 26.4 Å². The van der Waals surface area contributed by atoms with Crippen LogP contribution in [0.3, 0.4) is 0 Å². The average Bonchev–Trinajstić information content (AvgIpc) is 2.77. The molecule has 174 valence electrons. The van der Waals surface area contributed by atoms with E-state index < -0.39 is 16.4 Å². The van der Waals surface area contributed by atoms with E-state index >= 15 is 0 Å². The van der Waals surface area contributed by atoms with Gasteiger partial charge >= 0.3 is 6.36 Å². The van der Waals surface area contributed by atoms with E-state index in [2.05, 4.69) is 10.1 Å². The number of sulfonamides is 1. The second-order valence-corrected chi connectivity index (χ2v) is 9.56. The zero-order valence-electron chi connectivity index (χ0n) is 17.3. The molecule has 0 saturated carbocycles. The van der Waals surface area contributed by atoms with Crippen molar-refractivity contribution in [3.63, 3.8) is 0 Å². The Kier molecular flexibility index (Phi) is 7.78. The first-order valence-electron chi connectivity index (χ1n) is 10.3. The molecule has 2 aromatic carbocycles. The molecule has 0 bridgehead atoms. The number of halogens is 3. The van der Waals surface area contributed by atoms with Gasteiger partial charge in [0.15, 0.2) is 0 Å². The molecule has 1 aliphatic rings. The number of nitrogens with zero attached hydrogens (tertiary/aromatic N) is 1. The molecule has 1 saturated heterocycles. The van der Waals surface area contributed by atoms with Crippen molar-refractivity contribution in [1.82, 2.24) is 9.62 Å².